The lowest BCUT2D eigenvalue weighted by molar-refractivity contribution is 0.153. The number of methoxy groups -OCH3 is 1. The van der Waals surface area contributed by atoms with Crippen molar-refractivity contribution in [2.24, 2.45) is 5.92 Å². The summed E-state index contributed by atoms with van der Waals surface area (Å²) in [5, 5.41) is 15.3. The third-order valence-corrected chi connectivity index (χ3v) is 4.37. The number of hydrogen-bond acceptors (Lipinski definition) is 3. The SMILES string of the molecule is COc1ccc(CNC(=O)NC2CCCCC2CO)cc1C. The number of aryl methyl sites for hydroxylation is 1. The molecule has 22 heavy (non-hydrogen) atoms. The molecule has 1 aliphatic carbocycles. The second-order valence-corrected chi connectivity index (χ2v) is 5.96. The summed E-state index contributed by atoms with van der Waals surface area (Å²) in [4.78, 5) is 12.0. The van der Waals surface area contributed by atoms with Gasteiger partial charge in [0, 0.05) is 25.1 Å². The largest absolute Gasteiger partial charge is 0.496 e. The van der Waals surface area contributed by atoms with E-state index in [1.54, 1.807) is 7.11 Å². The molecule has 2 amide bonds. The van der Waals surface area contributed by atoms with Crippen molar-refractivity contribution in [3.63, 3.8) is 0 Å². The van der Waals surface area contributed by atoms with E-state index in [1.165, 1.54) is 0 Å². The van der Waals surface area contributed by atoms with Crippen LogP contribution in [0, 0.1) is 12.8 Å². The van der Waals surface area contributed by atoms with E-state index in [-0.39, 0.29) is 24.6 Å². The molecule has 0 aromatic heterocycles. The van der Waals surface area contributed by atoms with E-state index in [0.717, 1.165) is 42.6 Å². The van der Waals surface area contributed by atoms with E-state index in [1.807, 2.05) is 25.1 Å². The van der Waals surface area contributed by atoms with Crippen LogP contribution >= 0.6 is 0 Å². The molecule has 1 aliphatic rings. The number of carbonyl (C=O) groups is 1. The Morgan fingerprint density at radius 2 is 2.14 bits per heavy atom. The van der Waals surface area contributed by atoms with Crippen LogP contribution in [-0.4, -0.2) is 30.9 Å². The lowest BCUT2D eigenvalue weighted by Gasteiger charge is -2.30. The number of rotatable bonds is 5. The number of nitrogens with one attached hydrogen (secondary N) is 2. The Hall–Kier alpha value is -1.75. The molecule has 0 bridgehead atoms. The number of urea groups is 1. The molecule has 1 saturated carbocycles. The van der Waals surface area contributed by atoms with Crippen molar-refractivity contribution >= 4 is 6.03 Å². The molecule has 0 heterocycles. The topological polar surface area (TPSA) is 70.6 Å². The van der Waals surface area contributed by atoms with Crippen LogP contribution in [0.4, 0.5) is 4.79 Å². The Morgan fingerprint density at radius 3 is 2.82 bits per heavy atom. The maximum atomic E-state index is 12.0. The van der Waals surface area contributed by atoms with Crippen molar-refractivity contribution in [2.75, 3.05) is 13.7 Å². The smallest absolute Gasteiger partial charge is 0.315 e. The summed E-state index contributed by atoms with van der Waals surface area (Å²) >= 11 is 0. The van der Waals surface area contributed by atoms with Crippen molar-refractivity contribution in [3.8, 4) is 5.75 Å². The molecule has 2 atom stereocenters. The van der Waals surface area contributed by atoms with E-state index < -0.39 is 0 Å². The molecule has 1 fully saturated rings. The molecule has 3 N–H and O–H groups in total. The Labute approximate surface area is 132 Å². The number of amides is 2. The third-order valence-electron chi connectivity index (χ3n) is 4.37. The van der Waals surface area contributed by atoms with Gasteiger partial charge in [0.05, 0.1) is 7.11 Å². The average Bonchev–Trinajstić information content (AvgIpc) is 2.53. The van der Waals surface area contributed by atoms with Crippen molar-refractivity contribution in [1.82, 2.24) is 10.6 Å². The van der Waals surface area contributed by atoms with Gasteiger partial charge >= 0.3 is 6.03 Å². The van der Waals surface area contributed by atoms with Gasteiger partial charge in [-0.05, 0) is 37.0 Å². The van der Waals surface area contributed by atoms with Crippen LogP contribution in [0.15, 0.2) is 18.2 Å². The molecule has 122 valence electrons. The van der Waals surface area contributed by atoms with Crippen molar-refractivity contribution in [3.05, 3.63) is 29.3 Å². The first-order valence-corrected chi connectivity index (χ1v) is 7.92. The second kappa shape index (κ2) is 8.03. The predicted octanol–water partition coefficient (Wildman–Crippen LogP) is 2.35. The normalized spacial score (nSPS) is 21.2. The van der Waals surface area contributed by atoms with Crippen LogP contribution in [-0.2, 0) is 6.54 Å². The van der Waals surface area contributed by atoms with Gasteiger partial charge in [0.1, 0.15) is 5.75 Å². The Morgan fingerprint density at radius 1 is 1.36 bits per heavy atom. The summed E-state index contributed by atoms with van der Waals surface area (Å²) in [5.41, 5.74) is 2.09. The zero-order valence-electron chi connectivity index (χ0n) is 13.4. The van der Waals surface area contributed by atoms with Gasteiger partial charge in [0.2, 0.25) is 0 Å². The first kappa shape index (κ1) is 16.6. The van der Waals surface area contributed by atoms with Gasteiger partial charge in [-0.3, -0.25) is 0 Å². The van der Waals surface area contributed by atoms with Crippen LogP contribution in [0.25, 0.3) is 0 Å². The molecule has 1 aromatic carbocycles. The Kier molecular flexibility index (Phi) is 6.07. The predicted molar refractivity (Wildman–Crippen MR) is 85.9 cm³/mol. The van der Waals surface area contributed by atoms with Crippen LogP contribution in [0.5, 0.6) is 5.75 Å². The summed E-state index contributed by atoms with van der Waals surface area (Å²) in [5.74, 6) is 1.03. The van der Waals surface area contributed by atoms with Gasteiger partial charge in [-0.2, -0.15) is 0 Å². The monoisotopic (exact) mass is 306 g/mol. The minimum Gasteiger partial charge on any atom is -0.496 e. The fourth-order valence-corrected chi connectivity index (χ4v) is 3.07. The molecule has 5 heteroatoms. The lowest BCUT2D eigenvalue weighted by atomic mass is 9.85. The molecule has 2 rings (SSSR count). The highest BCUT2D eigenvalue weighted by Gasteiger charge is 2.25. The average molecular weight is 306 g/mol. The number of carbonyl (C=O) groups excluding carboxylic acids is 1. The van der Waals surface area contributed by atoms with E-state index in [4.69, 9.17) is 4.74 Å². The van der Waals surface area contributed by atoms with E-state index in [9.17, 15) is 9.90 Å². The molecule has 5 nitrogen and oxygen atoms in total. The number of aliphatic hydroxyl groups is 1. The van der Waals surface area contributed by atoms with Crippen LogP contribution in [0.1, 0.15) is 36.8 Å². The Bertz CT molecular complexity index is 505. The Balaban J connectivity index is 1.83. The maximum Gasteiger partial charge on any atom is 0.315 e. The van der Waals surface area contributed by atoms with Gasteiger partial charge in [0.15, 0.2) is 0 Å². The fraction of sp³-hybridized carbons (Fsp3) is 0.588. The summed E-state index contributed by atoms with van der Waals surface area (Å²) < 4.78 is 5.23. The van der Waals surface area contributed by atoms with Gasteiger partial charge in [-0.15, -0.1) is 0 Å². The van der Waals surface area contributed by atoms with Crippen LogP contribution < -0.4 is 15.4 Å². The number of hydrogen-bond donors (Lipinski definition) is 3. The molecule has 0 saturated heterocycles. The second-order valence-electron chi connectivity index (χ2n) is 5.96. The summed E-state index contributed by atoms with van der Waals surface area (Å²) in [6.07, 6.45) is 4.18. The van der Waals surface area contributed by atoms with Gasteiger partial charge in [-0.1, -0.05) is 25.0 Å². The quantitative estimate of drug-likeness (QED) is 0.782. The standard InChI is InChI=1S/C17H26N2O3/c1-12-9-13(7-8-16(12)22-2)10-18-17(21)19-15-6-4-3-5-14(15)11-20/h7-9,14-15,20H,3-6,10-11H2,1-2H3,(H2,18,19,21). The molecular weight excluding hydrogens is 280 g/mol. The number of ether oxygens (including phenoxy) is 1. The first-order chi connectivity index (χ1) is 10.6. The number of aliphatic hydroxyl groups excluding tert-OH is 1. The summed E-state index contributed by atoms with van der Waals surface area (Å²) in [6.45, 7) is 2.60. The highest BCUT2D eigenvalue weighted by molar-refractivity contribution is 5.74. The van der Waals surface area contributed by atoms with E-state index >= 15 is 0 Å². The van der Waals surface area contributed by atoms with Gasteiger partial charge in [0.25, 0.3) is 0 Å². The van der Waals surface area contributed by atoms with Gasteiger partial charge < -0.3 is 20.5 Å². The maximum absolute atomic E-state index is 12.0. The zero-order chi connectivity index (χ0) is 15.9. The number of benzene rings is 1. The molecule has 0 radical (unpaired) electrons. The summed E-state index contributed by atoms with van der Waals surface area (Å²) in [6, 6.07) is 5.78. The van der Waals surface area contributed by atoms with Crippen LogP contribution in [0.2, 0.25) is 0 Å². The van der Waals surface area contributed by atoms with Gasteiger partial charge in [-0.25, -0.2) is 4.79 Å². The lowest BCUT2D eigenvalue weighted by Crippen LogP contribution is -2.47. The molecule has 2 unspecified atom stereocenters. The van der Waals surface area contributed by atoms with Crippen molar-refractivity contribution in [1.29, 1.82) is 0 Å². The summed E-state index contributed by atoms with van der Waals surface area (Å²) in [7, 11) is 1.65. The molecule has 0 spiro atoms. The first-order valence-electron chi connectivity index (χ1n) is 7.92. The minimum atomic E-state index is -0.168. The highest BCUT2D eigenvalue weighted by Crippen LogP contribution is 2.24. The molecular formula is C17H26N2O3. The zero-order valence-corrected chi connectivity index (χ0v) is 13.4. The molecule has 1 aromatic rings. The van der Waals surface area contributed by atoms with Crippen molar-refractivity contribution < 1.29 is 14.6 Å². The van der Waals surface area contributed by atoms with E-state index in [0.29, 0.717) is 6.54 Å². The molecule has 0 aliphatic heterocycles. The minimum absolute atomic E-state index is 0.0800. The third kappa shape index (κ3) is 4.37. The highest BCUT2D eigenvalue weighted by atomic mass is 16.5. The van der Waals surface area contributed by atoms with Crippen molar-refractivity contribution in [2.45, 2.75) is 45.2 Å². The van der Waals surface area contributed by atoms with E-state index in [2.05, 4.69) is 10.6 Å². The fourth-order valence-electron chi connectivity index (χ4n) is 3.07. The van der Waals surface area contributed by atoms with Crippen LogP contribution in [0.3, 0.4) is 0 Å².